The predicted octanol–water partition coefficient (Wildman–Crippen LogP) is 11.4. The van der Waals surface area contributed by atoms with Gasteiger partial charge in [0.05, 0.1) is 16.8 Å². The molecule has 1 radical (unpaired) electrons. The number of piperazine rings is 2. The molecule has 9 heterocycles. The van der Waals surface area contributed by atoms with Crippen molar-refractivity contribution in [1.29, 1.82) is 0 Å². The van der Waals surface area contributed by atoms with Crippen molar-refractivity contribution in [3.05, 3.63) is 239 Å². The van der Waals surface area contributed by atoms with Gasteiger partial charge >= 0.3 is 42.5 Å². The van der Waals surface area contributed by atoms with Gasteiger partial charge in [-0.05, 0) is 120 Å². The van der Waals surface area contributed by atoms with Crippen molar-refractivity contribution < 1.29 is 66.9 Å². The number of anilines is 1. The molecule has 2 saturated heterocycles. The van der Waals surface area contributed by atoms with Gasteiger partial charge in [-0.2, -0.15) is 26.3 Å². The molecule has 11 aromatic rings. The van der Waals surface area contributed by atoms with Crippen LogP contribution in [0.4, 0.5) is 45.2 Å². The van der Waals surface area contributed by atoms with Crippen LogP contribution >= 0.6 is 15.9 Å². The highest BCUT2D eigenvalue weighted by Crippen LogP contribution is 2.37. The highest BCUT2D eigenvalue weighted by atomic mass is 79.9. The Morgan fingerprint density at radius 3 is 1.41 bits per heavy atom. The molecule has 0 bridgehead atoms. The lowest BCUT2D eigenvalue weighted by molar-refractivity contribution is -0.141. The molecular formula is C62H49BBrF9N7O10. The molecule has 90 heavy (non-hydrogen) atoms. The van der Waals surface area contributed by atoms with E-state index in [1.165, 1.54) is 66.7 Å². The zero-order valence-electron chi connectivity index (χ0n) is 46.9. The zero-order valence-corrected chi connectivity index (χ0v) is 48.5. The number of halogens is 10. The monoisotopic (exact) mass is 1310 g/mol. The largest absolute Gasteiger partial charge is 0.569 e. The van der Waals surface area contributed by atoms with Gasteiger partial charge in [-0.15, -0.1) is 0 Å². The number of nitrogens with one attached hydrogen (secondary N) is 3. The number of alkyl halides is 6. The van der Waals surface area contributed by atoms with Gasteiger partial charge < -0.3 is 48.2 Å². The smallest absolute Gasteiger partial charge is 0.536 e. The number of nitrogens with zero attached hydrogens (tertiary/aromatic N) is 4. The van der Waals surface area contributed by atoms with Crippen molar-refractivity contribution in [2.24, 2.45) is 0 Å². The molecule has 465 valence electrons. The van der Waals surface area contributed by atoms with Gasteiger partial charge in [0, 0.05) is 140 Å². The van der Waals surface area contributed by atoms with E-state index in [4.69, 9.17) is 27.3 Å². The molecule has 0 saturated carbocycles. The number of aryl methyl sites for hydroxylation is 1. The number of hydrogen-bond donors (Lipinski definition) is 4. The first-order chi connectivity index (χ1) is 43.1. The lowest BCUT2D eigenvalue weighted by Gasteiger charge is -2.29. The summed E-state index contributed by atoms with van der Waals surface area (Å²) in [4.78, 5) is 58.9. The second kappa shape index (κ2) is 30.6. The number of aromatic nitrogens is 3. The third-order valence-corrected chi connectivity index (χ3v) is 13.5. The number of fused-ring (bicyclic) bond motifs is 4. The molecular weight excluding hydrogens is 1260 g/mol. The van der Waals surface area contributed by atoms with E-state index in [-0.39, 0.29) is 39.0 Å². The van der Waals surface area contributed by atoms with Gasteiger partial charge in [0.2, 0.25) is 0 Å². The maximum Gasteiger partial charge on any atom is 0.569 e. The van der Waals surface area contributed by atoms with Gasteiger partial charge in [0.15, 0.2) is 11.4 Å². The zero-order chi connectivity index (χ0) is 64.5. The Bertz CT molecular complexity index is 4510. The summed E-state index contributed by atoms with van der Waals surface area (Å²) < 4.78 is 142. The molecule has 2 aliphatic rings. The Morgan fingerprint density at radius 1 is 0.500 bits per heavy atom. The summed E-state index contributed by atoms with van der Waals surface area (Å²) in [5, 5.41) is 20.2. The van der Waals surface area contributed by atoms with E-state index in [9.17, 15) is 58.7 Å². The summed E-state index contributed by atoms with van der Waals surface area (Å²) in [7, 11) is 0.643. The molecule has 0 unspecified atom stereocenters. The average Bonchev–Trinajstić information content (AvgIpc) is 1.30. The second-order valence-electron chi connectivity index (χ2n) is 19.1. The molecule has 0 atom stereocenters. The molecule has 2 aliphatic heterocycles. The Balaban J connectivity index is 0.000000148. The predicted molar refractivity (Wildman–Crippen MR) is 322 cm³/mol. The molecule has 0 spiro atoms. The molecule has 28 heteroatoms. The fourth-order valence-electron chi connectivity index (χ4n) is 8.73. The average molecular weight is 1310 g/mol. The van der Waals surface area contributed by atoms with Crippen molar-refractivity contribution >= 4 is 73.2 Å². The molecule has 17 nitrogen and oxygen atoms in total. The van der Waals surface area contributed by atoms with Crippen molar-refractivity contribution in [3.63, 3.8) is 0 Å². The van der Waals surface area contributed by atoms with Crippen LogP contribution in [-0.4, -0.2) is 80.0 Å². The van der Waals surface area contributed by atoms with Crippen LogP contribution in [0.25, 0.3) is 66.1 Å². The molecule has 0 aliphatic carbocycles. The van der Waals surface area contributed by atoms with Crippen LogP contribution in [-0.2, 0) is 12.4 Å². The number of benzene rings is 4. The Kier molecular flexibility index (Phi) is 22.6. The van der Waals surface area contributed by atoms with E-state index in [0.29, 0.717) is 39.6 Å². The van der Waals surface area contributed by atoms with Crippen LogP contribution < -0.4 is 48.0 Å². The summed E-state index contributed by atoms with van der Waals surface area (Å²) in [5.74, 6) is -0.861. The molecule has 13 rings (SSSR count). The minimum Gasteiger partial charge on any atom is -0.536 e. The first kappa shape index (κ1) is 66.5. The van der Waals surface area contributed by atoms with Gasteiger partial charge in [-0.25, -0.2) is 32.3 Å². The third-order valence-electron chi connectivity index (χ3n) is 13.0. The standard InChI is InChI=1S/C19H16F3N3O2.C15H7F4NO2.C9H4BrFO2.C9H5FO2.C6H7BNO2.C4H10N2/c20-19(21,22)17-14(2-1-5-24-17)15-10-12-3-4-13(11-16(12)27-18(15)26)25-8-6-23-7-9-25;16-9-4-3-8-6-11(14(21)22-12(8)7-9)10-2-1-5-20-13(10)15(17,18)19;10-7-3-5-1-2-6(11)4-8(5)13-9(7)12;10-7-3-1-6-2-4-9(11)12-8(6)5-7;1-5-6(10-7-9)3-2-4-8-5;1-2-6-4-3-5-1/h1-5,10-11,23H,6-9H2;1-7H;1-4H;1-5H;2-4,9H,1H3;5-6H,1-4H2. The van der Waals surface area contributed by atoms with E-state index in [2.05, 4.69) is 51.7 Å². The van der Waals surface area contributed by atoms with E-state index in [0.717, 1.165) is 99.7 Å². The van der Waals surface area contributed by atoms with Gasteiger partial charge in [-0.3, -0.25) is 15.0 Å². The number of hydrogen-bond acceptors (Lipinski definition) is 17. The van der Waals surface area contributed by atoms with E-state index < -0.39 is 63.7 Å². The summed E-state index contributed by atoms with van der Waals surface area (Å²) in [6.07, 6.45) is -5.66. The van der Waals surface area contributed by atoms with Gasteiger partial charge in [0.1, 0.15) is 50.0 Å². The minimum absolute atomic E-state index is 0.0359. The van der Waals surface area contributed by atoms with Crippen LogP contribution in [0.3, 0.4) is 0 Å². The maximum atomic E-state index is 13.2. The topological polar surface area (TPSA) is 228 Å². The first-order valence-electron chi connectivity index (χ1n) is 26.9. The molecule has 0 amide bonds. The second-order valence-corrected chi connectivity index (χ2v) is 20.0. The van der Waals surface area contributed by atoms with Crippen LogP contribution in [0.2, 0.25) is 0 Å². The lowest BCUT2D eigenvalue weighted by Crippen LogP contribution is -2.43. The minimum atomic E-state index is -4.71. The highest BCUT2D eigenvalue weighted by Gasteiger charge is 2.37. The summed E-state index contributed by atoms with van der Waals surface area (Å²) in [6.45, 7) is 9.75. The Labute approximate surface area is 512 Å². The highest BCUT2D eigenvalue weighted by molar-refractivity contribution is 9.10. The summed E-state index contributed by atoms with van der Waals surface area (Å²) >= 11 is 3.03. The van der Waals surface area contributed by atoms with Crippen LogP contribution in [0.15, 0.2) is 199 Å². The lowest BCUT2D eigenvalue weighted by atomic mass is 10.0. The van der Waals surface area contributed by atoms with Crippen molar-refractivity contribution in [2.45, 2.75) is 19.3 Å². The Hall–Kier alpha value is -9.48. The van der Waals surface area contributed by atoms with E-state index >= 15 is 0 Å². The SMILES string of the molecule is C1CNCCN1.Cc1ncccc1O[B]O.O=c1ccc2ccc(F)cc2o1.O=c1oc2cc(F)ccc2cc1-c1cccnc1C(F)(F)F.O=c1oc2cc(F)ccc2cc1Br.O=c1oc2cc(N3CCNCC3)ccc2cc1-c1cccnc1C(F)(F)F. The summed E-state index contributed by atoms with van der Waals surface area (Å²) in [6, 6.07) is 32.6. The molecule has 4 N–H and O–H groups in total. The summed E-state index contributed by atoms with van der Waals surface area (Å²) in [5.41, 5.74) is -3.64. The van der Waals surface area contributed by atoms with Crippen molar-refractivity contribution in [3.8, 4) is 28.0 Å². The van der Waals surface area contributed by atoms with Crippen LogP contribution in [0.5, 0.6) is 5.75 Å². The molecule has 4 aromatic carbocycles. The number of pyridine rings is 3. The van der Waals surface area contributed by atoms with Crippen molar-refractivity contribution in [2.75, 3.05) is 57.3 Å². The normalized spacial score (nSPS) is 13.0. The van der Waals surface area contributed by atoms with E-state index in [1.54, 1.807) is 61.7 Å². The third kappa shape index (κ3) is 18.1. The first-order valence-corrected chi connectivity index (χ1v) is 27.7. The van der Waals surface area contributed by atoms with Gasteiger partial charge in [0.25, 0.3) is 0 Å². The van der Waals surface area contributed by atoms with Gasteiger partial charge in [-0.1, -0.05) is 12.1 Å². The fraction of sp³-hybridized carbons (Fsp3) is 0.177. The molecule has 7 aromatic heterocycles. The van der Waals surface area contributed by atoms with E-state index in [1.807, 2.05) is 6.07 Å². The fourth-order valence-corrected chi connectivity index (χ4v) is 9.05. The quantitative estimate of drug-likeness (QED) is 0.0713. The number of rotatable bonds is 5. The molecule has 2 fully saturated rings. The Morgan fingerprint density at radius 2 is 0.922 bits per heavy atom. The van der Waals surface area contributed by atoms with Crippen LogP contribution in [0.1, 0.15) is 17.1 Å². The maximum absolute atomic E-state index is 13.2. The van der Waals surface area contributed by atoms with Crippen LogP contribution in [0, 0.1) is 24.4 Å². The van der Waals surface area contributed by atoms with Crippen molar-refractivity contribution in [1.82, 2.24) is 30.9 Å².